The summed E-state index contributed by atoms with van der Waals surface area (Å²) in [6.45, 7) is 5.18. The van der Waals surface area contributed by atoms with Crippen LogP contribution in [0.25, 0.3) is 0 Å². The third-order valence-corrected chi connectivity index (χ3v) is 4.09. The second-order valence-corrected chi connectivity index (χ2v) is 5.71. The highest BCUT2D eigenvalue weighted by molar-refractivity contribution is 5.42. The highest BCUT2D eigenvalue weighted by Gasteiger charge is 2.24. The molecule has 0 atom stereocenters. The first-order valence-electron chi connectivity index (χ1n) is 7.37. The summed E-state index contributed by atoms with van der Waals surface area (Å²) in [7, 11) is 0. The molecule has 3 heterocycles. The lowest BCUT2D eigenvalue weighted by atomic mass is 9.92. The Morgan fingerprint density at radius 1 is 1.29 bits per heavy atom. The van der Waals surface area contributed by atoms with Crippen molar-refractivity contribution < 1.29 is 4.39 Å². The van der Waals surface area contributed by atoms with Crippen molar-refractivity contribution in [3.8, 4) is 0 Å². The highest BCUT2D eigenvalue weighted by Crippen LogP contribution is 2.26. The van der Waals surface area contributed by atoms with Crippen molar-refractivity contribution in [2.45, 2.75) is 33.1 Å². The summed E-state index contributed by atoms with van der Waals surface area (Å²) in [6, 6.07) is 2.02. The predicted octanol–water partition coefficient (Wildman–Crippen LogP) is 2.41. The maximum absolute atomic E-state index is 14.2. The predicted molar refractivity (Wildman–Crippen MR) is 78.7 cm³/mol. The molecule has 1 saturated heterocycles. The highest BCUT2D eigenvalue weighted by atomic mass is 19.1. The normalized spacial score (nSPS) is 16.4. The number of hydrogen-bond acceptors (Lipinski definition) is 4. The Morgan fingerprint density at radius 3 is 2.71 bits per heavy atom. The van der Waals surface area contributed by atoms with E-state index >= 15 is 0 Å². The molecular weight excluding hydrogens is 269 g/mol. The third kappa shape index (κ3) is 3.04. The Kier molecular flexibility index (Phi) is 3.86. The molecule has 0 amide bonds. The van der Waals surface area contributed by atoms with E-state index in [9.17, 15) is 4.39 Å². The topological polar surface area (TPSA) is 57.7 Å². The molecule has 0 aliphatic carbocycles. The van der Waals surface area contributed by atoms with Gasteiger partial charge in [0.1, 0.15) is 5.82 Å². The van der Waals surface area contributed by atoms with Crippen molar-refractivity contribution in [2.24, 2.45) is 5.92 Å². The average molecular weight is 289 g/mol. The molecular formula is C15H20FN5. The largest absolute Gasteiger partial charge is 0.354 e. The summed E-state index contributed by atoms with van der Waals surface area (Å²) in [5, 5.41) is 6.99. The quantitative estimate of drug-likeness (QED) is 0.942. The van der Waals surface area contributed by atoms with Crippen molar-refractivity contribution in [1.29, 1.82) is 0 Å². The van der Waals surface area contributed by atoms with Crippen LogP contribution in [0.2, 0.25) is 0 Å². The van der Waals surface area contributed by atoms with Crippen molar-refractivity contribution >= 4 is 5.82 Å². The van der Waals surface area contributed by atoms with Gasteiger partial charge in [0.2, 0.25) is 0 Å². The zero-order valence-electron chi connectivity index (χ0n) is 12.4. The minimum atomic E-state index is -0.285. The molecule has 2 aromatic rings. The van der Waals surface area contributed by atoms with E-state index in [1.807, 2.05) is 11.0 Å². The first-order valence-corrected chi connectivity index (χ1v) is 7.37. The van der Waals surface area contributed by atoms with Crippen LogP contribution in [-0.4, -0.2) is 33.3 Å². The number of rotatable bonds is 3. The minimum Gasteiger partial charge on any atom is -0.354 e. The van der Waals surface area contributed by atoms with E-state index in [1.54, 1.807) is 20.0 Å². The van der Waals surface area contributed by atoms with Gasteiger partial charge >= 0.3 is 0 Å². The van der Waals surface area contributed by atoms with Gasteiger partial charge in [-0.2, -0.15) is 5.10 Å². The molecule has 5 nitrogen and oxygen atoms in total. The van der Waals surface area contributed by atoms with E-state index in [-0.39, 0.29) is 5.82 Å². The zero-order chi connectivity index (χ0) is 14.8. The van der Waals surface area contributed by atoms with Gasteiger partial charge in [-0.15, -0.1) is 0 Å². The maximum atomic E-state index is 14.2. The first-order chi connectivity index (χ1) is 10.1. The van der Waals surface area contributed by atoms with Crippen LogP contribution in [0.5, 0.6) is 0 Å². The van der Waals surface area contributed by atoms with Crippen LogP contribution in [0.4, 0.5) is 10.2 Å². The molecule has 0 bridgehead atoms. The van der Waals surface area contributed by atoms with E-state index in [0.717, 1.165) is 32.4 Å². The van der Waals surface area contributed by atoms with Crippen LogP contribution in [0.3, 0.4) is 0 Å². The molecule has 0 spiro atoms. The molecule has 0 saturated carbocycles. The Hall–Kier alpha value is -1.98. The van der Waals surface area contributed by atoms with Crippen LogP contribution in [0.15, 0.2) is 12.3 Å². The minimum absolute atomic E-state index is 0.285. The van der Waals surface area contributed by atoms with Crippen LogP contribution < -0.4 is 4.90 Å². The monoisotopic (exact) mass is 289 g/mol. The number of aromatic nitrogens is 4. The van der Waals surface area contributed by atoms with E-state index in [2.05, 4.69) is 20.2 Å². The number of piperidine rings is 1. The van der Waals surface area contributed by atoms with Gasteiger partial charge in [-0.3, -0.25) is 5.10 Å². The third-order valence-electron chi connectivity index (χ3n) is 4.09. The molecule has 3 rings (SSSR count). The molecule has 1 aliphatic heterocycles. The Labute approximate surface area is 123 Å². The van der Waals surface area contributed by atoms with Gasteiger partial charge < -0.3 is 4.90 Å². The number of nitrogens with one attached hydrogen (secondary N) is 1. The number of hydrogen-bond donors (Lipinski definition) is 1. The standard InChI is InChI=1S/C15H20FN5/c1-10-14(16)15(19-11(2)18-10)21-7-4-12(5-8-21)9-13-3-6-17-20-13/h3,6,12H,4-5,7-9H2,1-2H3,(H,17,20). The molecule has 1 fully saturated rings. The molecule has 2 aromatic heterocycles. The fourth-order valence-corrected chi connectivity index (χ4v) is 2.95. The Bertz CT molecular complexity index is 603. The van der Waals surface area contributed by atoms with Gasteiger partial charge in [0.05, 0.1) is 5.69 Å². The summed E-state index contributed by atoms with van der Waals surface area (Å²) < 4.78 is 14.2. The van der Waals surface area contributed by atoms with Gasteiger partial charge in [0, 0.05) is 25.0 Å². The number of aromatic amines is 1. The summed E-state index contributed by atoms with van der Waals surface area (Å²) in [6.07, 6.45) is 4.88. The van der Waals surface area contributed by atoms with Gasteiger partial charge in [-0.25, -0.2) is 14.4 Å². The number of halogens is 1. The lowest BCUT2D eigenvalue weighted by molar-refractivity contribution is 0.395. The number of aryl methyl sites for hydroxylation is 2. The molecule has 0 unspecified atom stereocenters. The van der Waals surface area contributed by atoms with E-state index in [4.69, 9.17) is 0 Å². The lowest BCUT2D eigenvalue weighted by Gasteiger charge is -2.33. The maximum Gasteiger partial charge on any atom is 0.186 e. The van der Waals surface area contributed by atoms with Crippen molar-refractivity contribution in [3.05, 3.63) is 35.3 Å². The van der Waals surface area contributed by atoms with E-state index < -0.39 is 0 Å². The van der Waals surface area contributed by atoms with Gasteiger partial charge in [0.15, 0.2) is 11.6 Å². The van der Waals surface area contributed by atoms with Crippen molar-refractivity contribution in [1.82, 2.24) is 20.2 Å². The molecule has 21 heavy (non-hydrogen) atoms. The number of H-pyrrole nitrogens is 1. The van der Waals surface area contributed by atoms with Crippen LogP contribution in [0.1, 0.15) is 30.1 Å². The molecule has 1 N–H and O–H groups in total. The van der Waals surface area contributed by atoms with E-state index in [0.29, 0.717) is 23.3 Å². The molecule has 6 heteroatoms. The van der Waals surface area contributed by atoms with Crippen LogP contribution in [-0.2, 0) is 6.42 Å². The second kappa shape index (κ2) is 5.79. The first kappa shape index (κ1) is 14.0. The van der Waals surface area contributed by atoms with Gasteiger partial charge in [-0.05, 0) is 45.1 Å². The van der Waals surface area contributed by atoms with Crippen molar-refractivity contribution in [3.63, 3.8) is 0 Å². The fraction of sp³-hybridized carbons (Fsp3) is 0.533. The lowest BCUT2D eigenvalue weighted by Crippen LogP contribution is -2.36. The number of anilines is 1. The smallest absolute Gasteiger partial charge is 0.186 e. The van der Waals surface area contributed by atoms with Gasteiger partial charge in [0.25, 0.3) is 0 Å². The summed E-state index contributed by atoms with van der Waals surface area (Å²) in [5.74, 6) is 1.42. The second-order valence-electron chi connectivity index (χ2n) is 5.71. The molecule has 0 radical (unpaired) electrons. The van der Waals surface area contributed by atoms with E-state index in [1.165, 1.54) is 5.69 Å². The van der Waals surface area contributed by atoms with Gasteiger partial charge in [-0.1, -0.05) is 0 Å². The Morgan fingerprint density at radius 2 is 2.05 bits per heavy atom. The SMILES string of the molecule is Cc1nc(C)c(F)c(N2CCC(Cc3ccn[nH]3)CC2)n1. The fourth-order valence-electron chi connectivity index (χ4n) is 2.95. The van der Waals surface area contributed by atoms with Crippen LogP contribution in [0, 0.1) is 25.6 Å². The Balaban J connectivity index is 1.66. The summed E-state index contributed by atoms with van der Waals surface area (Å²) in [4.78, 5) is 10.4. The molecule has 0 aromatic carbocycles. The average Bonchev–Trinajstić information content (AvgIpc) is 2.97. The van der Waals surface area contributed by atoms with Crippen molar-refractivity contribution in [2.75, 3.05) is 18.0 Å². The molecule has 1 aliphatic rings. The summed E-state index contributed by atoms with van der Waals surface area (Å²) in [5.41, 5.74) is 1.60. The molecule has 112 valence electrons. The summed E-state index contributed by atoms with van der Waals surface area (Å²) >= 11 is 0. The van der Waals surface area contributed by atoms with Crippen LogP contribution >= 0.6 is 0 Å². The zero-order valence-corrected chi connectivity index (χ0v) is 12.4. The number of nitrogens with zero attached hydrogens (tertiary/aromatic N) is 4.